The van der Waals surface area contributed by atoms with Crippen LogP contribution in [-0.2, 0) is 0 Å². The minimum atomic E-state index is 0.403. The van der Waals surface area contributed by atoms with Gasteiger partial charge in [0.15, 0.2) is 0 Å². The maximum absolute atomic E-state index is 2.38. The highest BCUT2D eigenvalue weighted by molar-refractivity contribution is 5.37. The molecule has 0 fully saturated rings. The van der Waals surface area contributed by atoms with Gasteiger partial charge in [0.2, 0.25) is 0 Å². The van der Waals surface area contributed by atoms with Crippen LogP contribution >= 0.6 is 0 Å². The second-order valence-electron chi connectivity index (χ2n) is 6.42. The number of hydrogen-bond donors (Lipinski definition) is 0. The Bertz CT molecular complexity index is 557. The molecular weight excluding hydrogens is 254 g/mol. The summed E-state index contributed by atoms with van der Waals surface area (Å²) in [6.45, 7) is 6.82. The zero-order chi connectivity index (χ0) is 15.4. The molecule has 0 saturated heterocycles. The Morgan fingerprint density at radius 3 is 1.86 bits per heavy atom. The summed E-state index contributed by atoms with van der Waals surface area (Å²) in [7, 11) is 4.32. The lowest BCUT2D eigenvalue weighted by Gasteiger charge is -2.30. The van der Waals surface area contributed by atoms with Crippen molar-refractivity contribution in [2.45, 2.75) is 38.6 Å². The fraction of sp³-hybridized carbons (Fsp3) is 0.400. The van der Waals surface area contributed by atoms with Crippen LogP contribution in [-0.4, -0.2) is 25.0 Å². The third-order valence-corrected chi connectivity index (χ3v) is 4.39. The van der Waals surface area contributed by atoms with Crippen LogP contribution in [0.15, 0.2) is 54.6 Å². The zero-order valence-electron chi connectivity index (χ0n) is 13.9. The van der Waals surface area contributed by atoms with Gasteiger partial charge in [-0.15, -0.1) is 0 Å². The van der Waals surface area contributed by atoms with Gasteiger partial charge in [-0.2, -0.15) is 0 Å². The van der Waals surface area contributed by atoms with Crippen LogP contribution < -0.4 is 0 Å². The van der Waals surface area contributed by atoms with E-state index in [4.69, 9.17) is 0 Å². The first-order chi connectivity index (χ1) is 10.0. The Balaban J connectivity index is 2.47. The van der Waals surface area contributed by atoms with Gasteiger partial charge in [0.1, 0.15) is 0 Å². The smallest absolute Gasteiger partial charge is 0.0242 e. The number of nitrogens with zero attached hydrogens (tertiary/aromatic N) is 1. The molecule has 0 aromatic heterocycles. The summed E-state index contributed by atoms with van der Waals surface area (Å²) < 4.78 is 0. The Labute approximate surface area is 129 Å². The van der Waals surface area contributed by atoms with Crippen LogP contribution in [0.5, 0.6) is 0 Å². The average molecular weight is 281 g/mol. The van der Waals surface area contributed by atoms with E-state index in [0.717, 1.165) is 0 Å². The normalized spacial score (nSPS) is 14.4. The third-order valence-electron chi connectivity index (χ3n) is 4.39. The standard InChI is InChI=1S/C20H27N/c1-15(2)18-12-9-13-19(14-18)20(16(3)21(4)5)17-10-7-6-8-11-17/h6-16,20H,1-5H3. The van der Waals surface area contributed by atoms with Gasteiger partial charge in [-0.05, 0) is 43.6 Å². The van der Waals surface area contributed by atoms with Gasteiger partial charge in [0.25, 0.3) is 0 Å². The highest BCUT2D eigenvalue weighted by Gasteiger charge is 2.23. The van der Waals surface area contributed by atoms with Gasteiger partial charge >= 0.3 is 0 Å². The van der Waals surface area contributed by atoms with Crippen LogP contribution in [0.1, 0.15) is 49.3 Å². The molecule has 2 aromatic rings. The molecule has 0 N–H and O–H groups in total. The molecule has 0 saturated carbocycles. The second kappa shape index (κ2) is 6.91. The van der Waals surface area contributed by atoms with E-state index < -0.39 is 0 Å². The van der Waals surface area contributed by atoms with Crippen molar-refractivity contribution < 1.29 is 0 Å². The van der Waals surface area contributed by atoms with Gasteiger partial charge in [0, 0.05) is 12.0 Å². The van der Waals surface area contributed by atoms with E-state index in [9.17, 15) is 0 Å². The fourth-order valence-electron chi connectivity index (χ4n) is 2.82. The van der Waals surface area contributed by atoms with Crippen molar-refractivity contribution in [3.05, 3.63) is 71.3 Å². The van der Waals surface area contributed by atoms with Gasteiger partial charge in [-0.3, -0.25) is 0 Å². The molecule has 2 rings (SSSR count). The molecule has 2 aromatic carbocycles. The van der Waals surface area contributed by atoms with E-state index in [0.29, 0.717) is 17.9 Å². The molecule has 0 bridgehead atoms. The van der Waals surface area contributed by atoms with Crippen molar-refractivity contribution in [1.82, 2.24) is 4.90 Å². The summed E-state index contributed by atoms with van der Waals surface area (Å²) in [5.41, 5.74) is 4.22. The number of likely N-dealkylation sites (N-methyl/N-ethyl adjacent to an activating group) is 1. The predicted octanol–water partition coefficient (Wildman–Crippen LogP) is 4.89. The molecule has 0 aliphatic rings. The van der Waals surface area contributed by atoms with E-state index in [1.807, 2.05) is 0 Å². The maximum atomic E-state index is 2.38. The molecule has 0 heterocycles. The summed E-state index contributed by atoms with van der Waals surface area (Å²) in [6.07, 6.45) is 0. The van der Waals surface area contributed by atoms with Crippen molar-refractivity contribution in [2.75, 3.05) is 14.1 Å². The Hall–Kier alpha value is -1.60. The molecule has 21 heavy (non-hydrogen) atoms. The summed E-state index contributed by atoms with van der Waals surface area (Å²) in [5.74, 6) is 0.968. The van der Waals surface area contributed by atoms with Crippen LogP contribution in [0.25, 0.3) is 0 Å². The molecule has 0 aliphatic heterocycles. The van der Waals surface area contributed by atoms with Crippen LogP contribution in [0.3, 0.4) is 0 Å². The molecule has 112 valence electrons. The van der Waals surface area contributed by atoms with E-state index >= 15 is 0 Å². The number of hydrogen-bond acceptors (Lipinski definition) is 1. The van der Waals surface area contributed by atoms with Gasteiger partial charge < -0.3 is 4.90 Å². The van der Waals surface area contributed by atoms with Gasteiger partial charge in [-0.1, -0.05) is 68.4 Å². The molecule has 0 aliphatic carbocycles. The van der Waals surface area contributed by atoms with Crippen molar-refractivity contribution >= 4 is 0 Å². The van der Waals surface area contributed by atoms with E-state index in [-0.39, 0.29) is 0 Å². The topological polar surface area (TPSA) is 3.24 Å². The average Bonchev–Trinajstić information content (AvgIpc) is 2.48. The van der Waals surface area contributed by atoms with Gasteiger partial charge in [-0.25, -0.2) is 0 Å². The minimum Gasteiger partial charge on any atom is -0.306 e. The van der Waals surface area contributed by atoms with E-state index in [1.54, 1.807) is 0 Å². The molecule has 1 nitrogen and oxygen atoms in total. The summed E-state index contributed by atoms with van der Waals surface area (Å²) in [4.78, 5) is 2.31. The first kappa shape index (κ1) is 15.8. The van der Waals surface area contributed by atoms with E-state index in [2.05, 4.69) is 94.4 Å². The molecule has 0 radical (unpaired) electrons. The van der Waals surface area contributed by atoms with Crippen LogP contribution in [0.4, 0.5) is 0 Å². The molecular formula is C20H27N. The Kier molecular flexibility index (Phi) is 5.19. The lowest BCUT2D eigenvalue weighted by molar-refractivity contribution is 0.289. The Morgan fingerprint density at radius 1 is 0.714 bits per heavy atom. The minimum absolute atomic E-state index is 0.403. The molecule has 0 amide bonds. The monoisotopic (exact) mass is 281 g/mol. The highest BCUT2D eigenvalue weighted by Crippen LogP contribution is 2.31. The first-order valence-electron chi connectivity index (χ1n) is 7.82. The summed E-state index contributed by atoms with van der Waals surface area (Å²) in [5, 5.41) is 0. The zero-order valence-corrected chi connectivity index (χ0v) is 13.9. The third kappa shape index (κ3) is 3.74. The highest BCUT2D eigenvalue weighted by atomic mass is 15.1. The Morgan fingerprint density at radius 2 is 1.29 bits per heavy atom. The number of rotatable bonds is 5. The lowest BCUT2D eigenvalue weighted by Crippen LogP contribution is -2.31. The lowest BCUT2D eigenvalue weighted by atomic mass is 9.84. The molecule has 2 atom stereocenters. The van der Waals surface area contributed by atoms with Gasteiger partial charge in [0.05, 0.1) is 0 Å². The van der Waals surface area contributed by atoms with E-state index in [1.165, 1.54) is 16.7 Å². The molecule has 0 spiro atoms. The van der Waals surface area contributed by atoms with Crippen molar-refractivity contribution in [3.8, 4) is 0 Å². The van der Waals surface area contributed by atoms with Crippen LogP contribution in [0.2, 0.25) is 0 Å². The fourth-order valence-corrected chi connectivity index (χ4v) is 2.82. The van der Waals surface area contributed by atoms with Crippen molar-refractivity contribution in [3.63, 3.8) is 0 Å². The molecule has 1 heteroatoms. The maximum Gasteiger partial charge on any atom is 0.0242 e. The number of benzene rings is 2. The van der Waals surface area contributed by atoms with Crippen molar-refractivity contribution in [2.24, 2.45) is 0 Å². The largest absolute Gasteiger partial charge is 0.306 e. The second-order valence-corrected chi connectivity index (χ2v) is 6.42. The predicted molar refractivity (Wildman–Crippen MR) is 92.0 cm³/mol. The summed E-state index contributed by atoms with van der Waals surface area (Å²) in [6, 6.07) is 20.4. The quantitative estimate of drug-likeness (QED) is 0.754. The van der Waals surface area contributed by atoms with Crippen molar-refractivity contribution in [1.29, 1.82) is 0 Å². The summed E-state index contributed by atoms with van der Waals surface area (Å²) >= 11 is 0. The van der Waals surface area contributed by atoms with Crippen LogP contribution in [0, 0.1) is 0 Å². The SMILES string of the molecule is CC(C)c1cccc(C(c2ccccc2)C(C)N(C)C)c1. The first-order valence-corrected chi connectivity index (χ1v) is 7.82. The molecule has 2 unspecified atom stereocenters.